The van der Waals surface area contributed by atoms with Crippen LogP contribution in [0.15, 0.2) is 0 Å². The summed E-state index contributed by atoms with van der Waals surface area (Å²) in [6, 6.07) is -8.09. The van der Waals surface area contributed by atoms with Crippen LogP contribution in [-0.2, 0) is 57.2 Å². The van der Waals surface area contributed by atoms with E-state index in [9.17, 15) is 28.8 Å². The van der Waals surface area contributed by atoms with Gasteiger partial charge in [-0.3, -0.25) is 28.8 Å². The molecule has 0 aliphatic carbocycles. The molecule has 0 unspecified atom stereocenters. The summed E-state index contributed by atoms with van der Waals surface area (Å²) < 4.78 is 32.4. The average Bonchev–Trinajstić information content (AvgIpc) is 3.09. The highest BCUT2D eigenvalue weighted by atomic mass is 32.1. The van der Waals surface area contributed by atoms with Crippen LogP contribution in [0, 0.1) is 0 Å². The third kappa shape index (κ3) is 16.1. The Morgan fingerprint density at radius 2 is 0.583 bits per heavy atom. The van der Waals surface area contributed by atoms with Crippen molar-refractivity contribution in [3.8, 4) is 0 Å². The summed E-state index contributed by atoms with van der Waals surface area (Å²) in [6.45, 7) is -1.85. The fourth-order valence-electron chi connectivity index (χ4n) is 3.01. The molecule has 0 aromatic carbocycles. The molecule has 0 fully saturated rings. The predicted octanol–water partition coefficient (Wildman–Crippen LogP) is -4.74. The topological polar surface area (TPSA) is 314 Å². The SMILES string of the molecule is N[C@@H](CS)C(=O)OC[C@H](OC(=O)[C@@H](N)CS)[C@H](OC(=O)[C@@H](N)CS)[C@@H](OC(=O)[C@@H](N)CS)[C@@H](COC(=O)[C@@H](N)CS)OC(=O)[C@@H](N)CS. The summed E-state index contributed by atoms with van der Waals surface area (Å²) in [4.78, 5) is 77.0. The number of carbonyl (C=O) groups excluding carboxylic acids is 6. The first-order valence-corrected chi connectivity index (χ1v) is 17.7. The second-order valence-electron chi connectivity index (χ2n) is 9.75. The number of thiol groups is 6. The molecule has 0 amide bonds. The molecule has 0 radical (unpaired) electrons. The Balaban J connectivity index is 7.46. The minimum Gasteiger partial charge on any atom is -0.460 e. The van der Waals surface area contributed by atoms with Crippen molar-refractivity contribution in [1.29, 1.82) is 0 Å². The van der Waals surface area contributed by atoms with Crippen LogP contribution in [0.1, 0.15) is 0 Å². The zero-order valence-electron chi connectivity index (χ0n) is 25.5. The monoisotopic (exact) mass is 800 g/mol. The number of esters is 6. The van der Waals surface area contributed by atoms with Gasteiger partial charge in [0.1, 0.15) is 49.5 Å². The lowest BCUT2D eigenvalue weighted by Crippen LogP contribution is -2.58. The summed E-state index contributed by atoms with van der Waals surface area (Å²) >= 11 is 23.7. The molecule has 24 heteroatoms. The van der Waals surface area contributed by atoms with Crippen molar-refractivity contribution in [2.24, 2.45) is 34.4 Å². The molecule has 0 aliphatic rings. The largest absolute Gasteiger partial charge is 0.460 e. The highest BCUT2D eigenvalue weighted by molar-refractivity contribution is 7.81. The van der Waals surface area contributed by atoms with E-state index in [1.807, 2.05) is 0 Å². The molecule has 12 N–H and O–H groups in total. The third-order valence-corrected chi connectivity index (χ3v) is 8.23. The Labute approximate surface area is 310 Å². The van der Waals surface area contributed by atoms with Crippen molar-refractivity contribution in [2.75, 3.05) is 47.7 Å². The van der Waals surface area contributed by atoms with Crippen molar-refractivity contribution in [2.45, 2.75) is 60.7 Å². The first kappa shape index (κ1) is 46.7. The van der Waals surface area contributed by atoms with E-state index in [4.69, 9.17) is 62.8 Å². The van der Waals surface area contributed by atoms with Gasteiger partial charge in [0.25, 0.3) is 0 Å². The van der Waals surface area contributed by atoms with Crippen molar-refractivity contribution in [3.63, 3.8) is 0 Å². The molecule has 0 spiro atoms. The summed E-state index contributed by atoms with van der Waals surface area (Å²) in [5.41, 5.74) is 34.5. The summed E-state index contributed by atoms with van der Waals surface area (Å²) in [6.07, 6.45) is -7.96. The highest BCUT2D eigenvalue weighted by Gasteiger charge is 2.47. The fourth-order valence-corrected chi connectivity index (χ4v) is 3.90. The molecule has 0 saturated carbocycles. The van der Waals surface area contributed by atoms with Gasteiger partial charge in [-0.15, -0.1) is 0 Å². The Morgan fingerprint density at radius 3 is 0.812 bits per heavy atom. The maximum absolute atomic E-state index is 13.1. The lowest BCUT2D eigenvalue weighted by atomic mass is 10.0. The Hall–Kier alpha value is -1.32. The van der Waals surface area contributed by atoms with E-state index in [1.54, 1.807) is 0 Å². The van der Waals surface area contributed by atoms with Gasteiger partial charge < -0.3 is 62.8 Å². The van der Waals surface area contributed by atoms with Gasteiger partial charge in [0.15, 0.2) is 24.4 Å². The average molecular weight is 801 g/mol. The van der Waals surface area contributed by atoms with Crippen LogP contribution in [0.2, 0.25) is 0 Å². The van der Waals surface area contributed by atoms with Crippen molar-refractivity contribution in [1.82, 2.24) is 0 Å². The van der Waals surface area contributed by atoms with Crippen LogP contribution in [0.3, 0.4) is 0 Å². The van der Waals surface area contributed by atoms with Gasteiger partial charge in [0, 0.05) is 34.5 Å². The second-order valence-corrected chi connectivity index (χ2v) is 11.9. The Morgan fingerprint density at radius 1 is 0.375 bits per heavy atom. The molecule has 48 heavy (non-hydrogen) atoms. The predicted molar refractivity (Wildman–Crippen MR) is 192 cm³/mol. The van der Waals surface area contributed by atoms with E-state index < -0.39 is 110 Å². The molecular formula is C24H44N6O12S6. The van der Waals surface area contributed by atoms with Crippen LogP contribution in [0.25, 0.3) is 0 Å². The third-order valence-electron chi connectivity index (χ3n) is 5.87. The number of ether oxygens (including phenoxy) is 6. The maximum Gasteiger partial charge on any atom is 0.324 e. The molecule has 0 saturated heterocycles. The lowest BCUT2D eigenvalue weighted by molar-refractivity contribution is -0.210. The van der Waals surface area contributed by atoms with Gasteiger partial charge >= 0.3 is 35.8 Å². The molecule has 0 aromatic heterocycles. The normalized spacial score (nSPS) is 17.5. The van der Waals surface area contributed by atoms with Gasteiger partial charge in [-0.05, 0) is 0 Å². The molecule has 18 nitrogen and oxygen atoms in total. The molecule has 0 rings (SSSR count). The standard InChI is InChI=1S/C24H44N6O12S6/c25-9(3-43)19(31)37-1-15(39-21(33)11(27)5-45)17(41-23(35)13(29)7-47)18(42-24(36)14(30)8-48)16(40-22(34)12(28)6-46)2-38-20(32)10(26)4-44/h9-18,43-48H,1-8,25-30H2/t9-,10-,11-,12-,13-,14-,15-,16+,17-,18-/m0/s1. The van der Waals surface area contributed by atoms with E-state index in [-0.39, 0.29) is 34.5 Å². The van der Waals surface area contributed by atoms with Crippen LogP contribution in [-0.4, -0.2) is 144 Å². The summed E-state index contributed by atoms with van der Waals surface area (Å²) in [5.74, 6) is -8.12. The molecule has 10 atom stereocenters. The molecule has 0 aliphatic heterocycles. The van der Waals surface area contributed by atoms with Gasteiger partial charge in [-0.2, -0.15) is 75.8 Å². The van der Waals surface area contributed by atoms with Gasteiger partial charge in [-0.1, -0.05) is 0 Å². The van der Waals surface area contributed by atoms with Gasteiger partial charge in [-0.25, -0.2) is 0 Å². The van der Waals surface area contributed by atoms with Crippen LogP contribution in [0.4, 0.5) is 0 Å². The van der Waals surface area contributed by atoms with E-state index in [1.165, 1.54) is 0 Å². The zero-order chi connectivity index (χ0) is 37.1. The molecule has 0 heterocycles. The van der Waals surface area contributed by atoms with Gasteiger partial charge in [0.2, 0.25) is 0 Å². The quantitative estimate of drug-likeness (QED) is 0.0262. The lowest BCUT2D eigenvalue weighted by Gasteiger charge is -2.37. The maximum atomic E-state index is 13.1. The minimum absolute atomic E-state index is 0.159. The Bertz CT molecular complexity index is 992. The minimum atomic E-state index is -2.07. The van der Waals surface area contributed by atoms with Crippen molar-refractivity contribution >= 4 is 112 Å². The van der Waals surface area contributed by atoms with Crippen LogP contribution < -0.4 is 34.4 Å². The molecular weight excluding hydrogens is 757 g/mol. The molecule has 278 valence electrons. The van der Waals surface area contributed by atoms with Crippen molar-refractivity contribution in [3.05, 3.63) is 0 Å². The van der Waals surface area contributed by atoms with E-state index >= 15 is 0 Å². The van der Waals surface area contributed by atoms with E-state index in [0.29, 0.717) is 0 Å². The summed E-state index contributed by atoms with van der Waals surface area (Å²) in [7, 11) is 0. The van der Waals surface area contributed by atoms with Crippen molar-refractivity contribution < 1.29 is 57.2 Å². The first-order chi connectivity index (χ1) is 22.5. The highest BCUT2D eigenvalue weighted by Crippen LogP contribution is 2.22. The van der Waals surface area contributed by atoms with E-state index in [0.717, 1.165) is 0 Å². The number of carbonyl (C=O) groups is 6. The molecule has 0 aromatic rings. The summed E-state index contributed by atoms with van der Waals surface area (Å²) in [5, 5.41) is 0. The number of hydrogen-bond donors (Lipinski definition) is 12. The first-order valence-electron chi connectivity index (χ1n) is 13.9. The number of rotatable bonds is 23. The second kappa shape index (κ2) is 24.8. The van der Waals surface area contributed by atoms with Crippen LogP contribution >= 0.6 is 75.8 Å². The Kier molecular flexibility index (Phi) is 24.1. The number of hydrogen-bond acceptors (Lipinski definition) is 24. The molecule has 0 bridgehead atoms. The smallest absolute Gasteiger partial charge is 0.324 e. The zero-order valence-corrected chi connectivity index (χ0v) is 30.8. The number of nitrogens with two attached hydrogens (primary N) is 6. The van der Waals surface area contributed by atoms with E-state index in [2.05, 4.69) is 75.8 Å². The van der Waals surface area contributed by atoms with Crippen LogP contribution in [0.5, 0.6) is 0 Å². The fraction of sp³-hybridized carbons (Fsp3) is 0.750. The van der Waals surface area contributed by atoms with Gasteiger partial charge in [0.05, 0.1) is 0 Å².